The van der Waals surface area contributed by atoms with E-state index in [1.54, 1.807) is 10.6 Å². The van der Waals surface area contributed by atoms with Gasteiger partial charge in [0.1, 0.15) is 5.75 Å². The molecule has 1 aromatic carbocycles. The highest BCUT2D eigenvalue weighted by Crippen LogP contribution is 2.40. The Labute approximate surface area is 165 Å². The fraction of sp³-hybridized carbons (Fsp3) is 0.300. The van der Waals surface area contributed by atoms with Crippen LogP contribution < -0.4 is 10.3 Å². The van der Waals surface area contributed by atoms with E-state index >= 15 is 0 Å². The maximum absolute atomic E-state index is 12.7. The van der Waals surface area contributed by atoms with E-state index in [1.807, 2.05) is 31.2 Å². The molecule has 1 aliphatic rings. The van der Waals surface area contributed by atoms with Crippen molar-refractivity contribution in [2.45, 2.75) is 25.7 Å². The fourth-order valence-corrected chi connectivity index (χ4v) is 3.53. The molecule has 4 rings (SSSR count). The zero-order valence-electron chi connectivity index (χ0n) is 15.5. The van der Waals surface area contributed by atoms with Crippen LogP contribution in [-0.4, -0.2) is 34.2 Å². The van der Waals surface area contributed by atoms with Crippen LogP contribution in [-0.2, 0) is 4.74 Å². The van der Waals surface area contributed by atoms with Gasteiger partial charge in [0.15, 0.2) is 10.4 Å². The summed E-state index contributed by atoms with van der Waals surface area (Å²) in [6.45, 7) is 2.36. The van der Waals surface area contributed by atoms with Gasteiger partial charge in [-0.1, -0.05) is 12.1 Å². The second kappa shape index (κ2) is 7.20. The molecule has 0 unspecified atom stereocenters. The first kappa shape index (κ1) is 18.4. The molecule has 0 spiro atoms. The average molecular weight is 397 g/mol. The molecule has 8 heteroatoms. The summed E-state index contributed by atoms with van der Waals surface area (Å²) in [4.78, 5) is 32.5. The quantitative estimate of drug-likeness (QED) is 0.524. The highest BCUT2D eigenvalue weighted by molar-refractivity contribution is 7.71. The Balaban J connectivity index is 2.13. The first-order chi connectivity index (χ1) is 13.5. The summed E-state index contributed by atoms with van der Waals surface area (Å²) < 4.78 is 12.5. The monoisotopic (exact) mass is 397 g/mol. The highest BCUT2D eigenvalue weighted by Gasteiger charge is 2.29. The molecule has 2 aromatic heterocycles. The molecule has 1 N–H and O–H groups in total. The molecule has 0 atom stereocenters. The molecule has 0 amide bonds. The van der Waals surface area contributed by atoms with Gasteiger partial charge in [0.05, 0.1) is 30.4 Å². The molecule has 28 heavy (non-hydrogen) atoms. The molecule has 1 saturated carbocycles. The second-order valence-electron chi connectivity index (χ2n) is 6.55. The summed E-state index contributed by atoms with van der Waals surface area (Å²) >= 11 is 5.45. The van der Waals surface area contributed by atoms with Gasteiger partial charge >= 0.3 is 5.97 Å². The molecule has 144 valence electrons. The Morgan fingerprint density at radius 2 is 2.11 bits per heavy atom. The number of nitrogens with one attached hydrogen (secondary N) is 1. The van der Waals surface area contributed by atoms with E-state index < -0.39 is 11.5 Å². The van der Waals surface area contributed by atoms with Crippen LogP contribution in [0.25, 0.3) is 16.7 Å². The van der Waals surface area contributed by atoms with Crippen molar-refractivity contribution in [2.24, 2.45) is 0 Å². The van der Waals surface area contributed by atoms with Crippen LogP contribution in [0.15, 0.2) is 35.1 Å². The lowest BCUT2D eigenvalue weighted by Crippen LogP contribution is -2.19. The zero-order chi connectivity index (χ0) is 19.8. The van der Waals surface area contributed by atoms with Crippen LogP contribution in [0, 0.1) is 4.77 Å². The van der Waals surface area contributed by atoms with Crippen molar-refractivity contribution in [1.29, 1.82) is 0 Å². The third kappa shape index (κ3) is 3.09. The Morgan fingerprint density at radius 3 is 2.79 bits per heavy atom. The van der Waals surface area contributed by atoms with E-state index in [-0.39, 0.29) is 21.6 Å². The largest absolute Gasteiger partial charge is 0.492 e. The third-order valence-corrected chi connectivity index (χ3v) is 4.97. The Kier molecular flexibility index (Phi) is 4.72. The van der Waals surface area contributed by atoms with Crippen LogP contribution in [0.5, 0.6) is 5.75 Å². The number of carbonyl (C=O) groups excluding carboxylic acids is 1. The minimum Gasteiger partial charge on any atom is -0.492 e. The Morgan fingerprint density at radius 1 is 1.36 bits per heavy atom. The lowest BCUT2D eigenvalue weighted by atomic mass is 10.1. The SMILES string of the molecule is CCOc1ccccc1-n1c(=S)[nH]c(=O)c2c(C(=O)OC)cc(C3CC3)nc21. The predicted octanol–water partition coefficient (Wildman–Crippen LogP) is 3.51. The number of aromatic nitrogens is 3. The maximum Gasteiger partial charge on any atom is 0.338 e. The summed E-state index contributed by atoms with van der Waals surface area (Å²) in [7, 11) is 1.29. The van der Waals surface area contributed by atoms with Crippen LogP contribution in [0.2, 0.25) is 0 Å². The van der Waals surface area contributed by atoms with Gasteiger partial charge in [-0.25, -0.2) is 9.78 Å². The minimum atomic E-state index is -0.582. The van der Waals surface area contributed by atoms with Gasteiger partial charge in [-0.3, -0.25) is 14.3 Å². The molecule has 1 fully saturated rings. The number of carbonyl (C=O) groups is 1. The van der Waals surface area contributed by atoms with E-state index in [0.29, 0.717) is 23.7 Å². The Hall–Kier alpha value is -3.00. The lowest BCUT2D eigenvalue weighted by molar-refractivity contribution is 0.0602. The number of hydrogen-bond donors (Lipinski definition) is 1. The Bertz CT molecular complexity index is 1190. The molecule has 2 heterocycles. The van der Waals surface area contributed by atoms with Crippen LogP contribution in [0.1, 0.15) is 41.7 Å². The number of esters is 1. The van der Waals surface area contributed by atoms with Gasteiger partial charge in [0, 0.05) is 11.6 Å². The number of nitrogens with zero attached hydrogens (tertiary/aromatic N) is 2. The summed E-state index contributed by atoms with van der Waals surface area (Å²) in [6, 6.07) is 9.02. The summed E-state index contributed by atoms with van der Waals surface area (Å²) in [5, 5.41) is 0.149. The molecule has 0 radical (unpaired) electrons. The van der Waals surface area contributed by atoms with Gasteiger partial charge in [-0.15, -0.1) is 0 Å². The van der Waals surface area contributed by atoms with Crippen molar-refractivity contribution in [1.82, 2.24) is 14.5 Å². The van der Waals surface area contributed by atoms with E-state index in [2.05, 4.69) is 4.98 Å². The van der Waals surface area contributed by atoms with Crippen LogP contribution in [0.3, 0.4) is 0 Å². The van der Waals surface area contributed by atoms with Crippen molar-refractivity contribution in [2.75, 3.05) is 13.7 Å². The van der Waals surface area contributed by atoms with Gasteiger partial charge in [-0.2, -0.15) is 0 Å². The molecular weight excluding hydrogens is 378 g/mol. The maximum atomic E-state index is 12.7. The smallest absolute Gasteiger partial charge is 0.338 e. The van der Waals surface area contributed by atoms with Gasteiger partial charge in [0.25, 0.3) is 5.56 Å². The van der Waals surface area contributed by atoms with Crippen molar-refractivity contribution in [3.8, 4) is 11.4 Å². The topological polar surface area (TPSA) is 86.2 Å². The first-order valence-corrected chi connectivity index (χ1v) is 9.46. The average Bonchev–Trinajstić information content (AvgIpc) is 3.53. The van der Waals surface area contributed by atoms with Crippen molar-refractivity contribution < 1.29 is 14.3 Å². The number of H-pyrrole nitrogens is 1. The highest BCUT2D eigenvalue weighted by atomic mass is 32.1. The van der Waals surface area contributed by atoms with E-state index in [1.165, 1.54) is 7.11 Å². The number of pyridine rings is 1. The standard InChI is InChI=1S/C20H19N3O4S/c1-3-27-15-7-5-4-6-14(15)23-17-16(18(24)22-20(23)28)12(19(25)26-2)10-13(21-17)11-8-9-11/h4-7,10-11H,3,8-9H2,1-2H3,(H,22,24,28). The third-order valence-electron chi connectivity index (χ3n) is 4.69. The molecule has 0 bridgehead atoms. The molecular formula is C20H19N3O4S. The molecule has 3 aromatic rings. The van der Waals surface area contributed by atoms with Crippen LogP contribution in [0.4, 0.5) is 0 Å². The fourth-order valence-electron chi connectivity index (χ4n) is 3.25. The zero-order valence-corrected chi connectivity index (χ0v) is 16.3. The number of fused-ring (bicyclic) bond motifs is 1. The summed E-state index contributed by atoms with van der Waals surface area (Å²) in [6.07, 6.45) is 2.00. The van der Waals surface area contributed by atoms with Crippen molar-refractivity contribution in [3.05, 3.63) is 56.7 Å². The molecule has 0 aliphatic heterocycles. The van der Waals surface area contributed by atoms with E-state index in [0.717, 1.165) is 18.5 Å². The number of ether oxygens (including phenoxy) is 2. The normalized spacial score (nSPS) is 13.5. The number of para-hydroxylation sites is 2. The summed E-state index contributed by atoms with van der Waals surface area (Å²) in [5.74, 6) is 0.297. The number of methoxy groups -OCH3 is 1. The number of benzene rings is 1. The lowest BCUT2D eigenvalue weighted by Gasteiger charge is -2.16. The van der Waals surface area contributed by atoms with Gasteiger partial charge < -0.3 is 9.47 Å². The number of aromatic amines is 1. The van der Waals surface area contributed by atoms with Crippen molar-refractivity contribution >= 4 is 29.2 Å². The van der Waals surface area contributed by atoms with E-state index in [9.17, 15) is 9.59 Å². The minimum absolute atomic E-state index is 0.149. The number of hydrogen-bond acceptors (Lipinski definition) is 6. The predicted molar refractivity (Wildman–Crippen MR) is 107 cm³/mol. The molecule has 7 nitrogen and oxygen atoms in total. The van der Waals surface area contributed by atoms with Crippen molar-refractivity contribution in [3.63, 3.8) is 0 Å². The first-order valence-electron chi connectivity index (χ1n) is 9.05. The van der Waals surface area contributed by atoms with E-state index in [4.69, 9.17) is 26.7 Å². The molecule has 1 aliphatic carbocycles. The number of rotatable bonds is 5. The second-order valence-corrected chi connectivity index (χ2v) is 6.94. The van der Waals surface area contributed by atoms with Crippen LogP contribution >= 0.6 is 12.2 Å². The van der Waals surface area contributed by atoms with Gasteiger partial charge in [0.2, 0.25) is 0 Å². The summed E-state index contributed by atoms with van der Waals surface area (Å²) in [5.41, 5.74) is 1.45. The molecule has 0 saturated heterocycles. The van der Waals surface area contributed by atoms with Gasteiger partial charge in [-0.05, 0) is 50.2 Å².